The summed E-state index contributed by atoms with van der Waals surface area (Å²) in [6.45, 7) is 2.24. The van der Waals surface area contributed by atoms with Crippen molar-refractivity contribution < 1.29 is 0 Å². The number of aromatic nitrogens is 4. The molecule has 0 bridgehead atoms. The minimum Gasteiger partial charge on any atom is -0.297 e. The summed E-state index contributed by atoms with van der Waals surface area (Å²) in [5.41, 5.74) is 1.06. The Bertz CT molecular complexity index is 583. The Morgan fingerprint density at radius 3 is 2.72 bits per heavy atom. The third-order valence-corrected chi connectivity index (χ3v) is 4.17. The third-order valence-electron chi connectivity index (χ3n) is 3.88. The second-order valence-corrected chi connectivity index (χ2v) is 5.28. The first-order valence-electron chi connectivity index (χ1n) is 6.34. The largest absolute Gasteiger partial charge is 0.297 e. The molecule has 1 unspecified atom stereocenters. The zero-order valence-electron chi connectivity index (χ0n) is 10.3. The maximum atomic E-state index is 5.37. The minimum atomic E-state index is 0.410. The quantitative estimate of drug-likeness (QED) is 0.861. The molecule has 0 radical (unpaired) electrons. The summed E-state index contributed by atoms with van der Waals surface area (Å²) in [6.07, 6.45) is 7.50. The standard InChI is InChI=1S/C13H16N4S/c1-9(10-3-2-4-10)17-12(15-16-13(17)18)11-5-7-14-8-6-11/h5-10H,2-4H2,1H3,(H,16,18). The Morgan fingerprint density at radius 2 is 2.11 bits per heavy atom. The van der Waals surface area contributed by atoms with Crippen LogP contribution in [0, 0.1) is 10.7 Å². The Balaban J connectivity index is 2.03. The number of hydrogen-bond acceptors (Lipinski definition) is 3. The summed E-state index contributed by atoms with van der Waals surface area (Å²) >= 11 is 5.37. The number of hydrogen-bond donors (Lipinski definition) is 1. The van der Waals surface area contributed by atoms with Crippen LogP contribution < -0.4 is 0 Å². The number of rotatable bonds is 3. The van der Waals surface area contributed by atoms with Gasteiger partial charge in [-0.2, -0.15) is 5.10 Å². The lowest BCUT2D eigenvalue weighted by Crippen LogP contribution is -2.23. The van der Waals surface area contributed by atoms with Crippen molar-refractivity contribution in [1.29, 1.82) is 0 Å². The molecule has 2 heterocycles. The van der Waals surface area contributed by atoms with Gasteiger partial charge in [-0.25, -0.2) is 0 Å². The van der Waals surface area contributed by atoms with E-state index in [0.717, 1.165) is 17.3 Å². The summed E-state index contributed by atoms with van der Waals surface area (Å²) < 4.78 is 2.86. The molecule has 0 saturated heterocycles. The maximum absolute atomic E-state index is 5.37. The molecule has 1 aliphatic rings. The van der Waals surface area contributed by atoms with Crippen molar-refractivity contribution in [3.8, 4) is 11.4 Å². The van der Waals surface area contributed by atoms with E-state index in [1.807, 2.05) is 12.1 Å². The van der Waals surface area contributed by atoms with Crippen LogP contribution >= 0.6 is 12.2 Å². The fourth-order valence-corrected chi connectivity index (χ4v) is 2.82. The predicted molar refractivity (Wildman–Crippen MR) is 72.7 cm³/mol. The van der Waals surface area contributed by atoms with Crippen molar-refractivity contribution in [3.63, 3.8) is 0 Å². The molecule has 0 aromatic carbocycles. The molecule has 3 rings (SSSR count). The molecule has 94 valence electrons. The normalized spacial score (nSPS) is 17.4. The van der Waals surface area contributed by atoms with Gasteiger partial charge in [-0.05, 0) is 50.0 Å². The first-order chi connectivity index (χ1) is 8.77. The van der Waals surface area contributed by atoms with Gasteiger partial charge in [0.25, 0.3) is 0 Å². The Hall–Kier alpha value is -1.49. The molecule has 5 heteroatoms. The van der Waals surface area contributed by atoms with Gasteiger partial charge < -0.3 is 0 Å². The summed E-state index contributed by atoms with van der Waals surface area (Å²) in [5, 5.41) is 7.28. The monoisotopic (exact) mass is 260 g/mol. The van der Waals surface area contributed by atoms with Crippen molar-refractivity contribution >= 4 is 12.2 Å². The lowest BCUT2D eigenvalue weighted by molar-refractivity contribution is 0.222. The lowest BCUT2D eigenvalue weighted by atomic mass is 9.80. The van der Waals surface area contributed by atoms with Gasteiger partial charge in [0.1, 0.15) is 0 Å². The van der Waals surface area contributed by atoms with E-state index >= 15 is 0 Å². The zero-order chi connectivity index (χ0) is 12.5. The van der Waals surface area contributed by atoms with E-state index in [9.17, 15) is 0 Å². The first-order valence-corrected chi connectivity index (χ1v) is 6.75. The highest BCUT2D eigenvalue weighted by Gasteiger charge is 2.27. The van der Waals surface area contributed by atoms with Crippen molar-refractivity contribution in [2.75, 3.05) is 0 Å². The molecule has 2 aromatic heterocycles. The highest BCUT2D eigenvalue weighted by atomic mass is 32.1. The second-order valence-electron chi connectivity index (χ2n) is 4.89. The average Bonchev–Trinajstić information content (AvgIpc) is 2.70. The van der Waals surface area contributed by atoms with Gasteiger partial charge in [-0.1, -0.05) is 6.42 Å². The van der Waals surface area contributed by atoms with E-state index in [1.54, 1.807) is 12.4 Å². The molecule has 1 aliphatic carbocycles. The Kier molecular flexibility index (Phi) is 2.99. The lowest BCUT2D eigenvalue weighted by Gasteiger charge is -2.32. The third kappa shape index (κ3) is 1.88. The van der Waals surface area contributed by atoms with Gasteiger partial charge in [0, 0.05) is 24.0 Å². The van der Waals surface area contributed by atoms with E-state index < -0.39 is 0 Å². The van der Waals surface area contributed by atoms with Crippen LogP contribution in [0.4, 0.5) is 0 Å². The average molecular weight is 260 g/mol. The number of pyridine rings is 1. The van der Waals surface area contributed by atoms with Gasteiger partial charge >= 0.3 is 0 Å². The van der Waals surface area contributed by atoms with Crippen LogP contribution in [-0.2, 0) is 0 Å². The maximum Gasteiger partial charge on any atom is 0.195 e. The molecule has 0 amide bonds. The van der Waals surface area contributed by atoms with Crippen LogP contribution in [0.1, 0.15) is 32.2 Å². The molecule has 18 heavy (non-hydrogen) atoms. The van der Waals surface area contributed by atoms with E-state index in [1.165, 1.54) is 19.3 Å². The van der Waals surface area contributed by atoms with E-state index in [0.29, 0.717) is 10.8 Å². The Labute approximate surface area is 111 Å². The fourth-order valence-electron chi connectivity index (χ4n) is 2.52. The van der Waals surface area contributed by atoms with Crippen LogP contribution in [0.5, 0.6) is 0 Å². The van der Waals surface area contributed by atoms with E-state index in [2.05, 4.69) is 26.7 Å². The van der Waals surface area contributed by atoms with Crippen LogP contribution in [0.2, 0.25) is 0 Å². The van der Waals surface area contributed by atoms with Gasteiger partial charge in [0.15, 0.2) is 10.6 Å². The number of nitrogens with one attached hydrogen (secondary N) is 1. The van der Waals surface area contributed by atoms with Crippen molar-refractivity contribution in [2.45, 2.75) is 32.2 Å². The number of nitrogens with zero attached hydrogens (tertiary/aromatic N) is 3. The van der Waals surface area contributed by atoms with Gasteiger partial charge in [0.2, 0.25) is 0 Å². The molecule has 1 saturated carbocycles. The summed E-state index contributed by atoms with van der Waals surface area (Å²) in [6, 6.07) is 4.34. The Morgan fingerprint density at radius 1 is 1.39 bits per heavy atom. The SMILES string of the molecule is CC(C1CCC1)n1c(-c2ccncc2)n[nH]c1=S. The van der Waals surface area contributed by atoms with Crippen molar-refractivity contribution in [3.05, 3.63) is 29.3 Å². The molecule has 4 nitrogen and oxygen atoms in total. The molecular weight excluding hydrogens is 244 g/mol. The van der Waals surface area contributed by atoms with Crippen LogP contribution in [0.25, 0.3) is 11.4 Å². The van der Waals surface area contributed by atoms with Crippen molar-refractivity contribution in [2.24, 2.45) is 5.92 Å². The number of H-pyrrole nitrogens is 1. The second kappa shape index (κ2) is 4.65. The molecule has 0 spiro atoms. The molecule has 1 atom stereocenters. The van der Waals surface area contributed by atoms with Crippen LogP contribution in [0.3, 0.4) is 0 Å². The summed E-state index contributed by atoms with van der Waals surface area (Å²) in [7, 11) is 0. The van der Waals surface area contributed by atoms with Gasteiger partial charge in [-0.15, -0.1) is 0 Å². The zero-order valence-corrected chi connectivity index (χ0v) is 11.2. The highest BCUT2D eigenvalue weighted by molar-refractivity contribution is 7.71. The molecule has 2 aromatic rings. The van der Waals surface area contributed by atoms with E-state index in [4.69, 9.17) is 12.2 Å². The predicted octanol–water partition coefficient (Wildman–Crippen LogP) is 3.36. The highest BCUT2D eigenvalue weighted by Crippen LogP contribution is 2.37. The first kappa shape index (κ1) is 11.6. The summed E-state index contributed by atoms with van der Waals surface area (Å²) in [4.78, 5) is 4.04. The van der Waals surface area contributed by atoms with Crippen LogP contribution in [-0.4, -0.2) is 19.7 Å². The number of aromatic amines is 1. The molecule has 1 fully saturated rings. The van der Waals surface area contributed by atoms with Crippen LogP contribution in [0.15, 0.2) is 24.5 Å². The van der Waals surface area contributed by atoms with Gasteiger partial charge in [0.05, 0.1) is 0 Å². The van der Waals surface area contributed by atoms with E-state index in [-0.39, 0.29) is 0 Å². The molecule has 0 aliphatic heterocycles. The summed E-state index contributed by atoms with van der Waals surface area (Å²) in [5.74, 6) is 1.65. The molecule has 1 N–H and O–H groups in total. The smallest absolute Gasteiger partial charge is 0.195 e. The topological polar surface area (TPSA) is 46.5 Å². The van der Waals surface area contributed by atoms with Crippen molar-refractivity contribution in [1.82, 2.24) is 19.7 Å². The van der Waals surface area contributed by atoms with Gasteiger partial charge in [-0.3, -0.25) is 14.6 Å². The minimum absolute atomic E-state index is 0.410. The fraction of sp³-hybridized carbons (Fsp3) is 0.462. The molecular formula is C13H16N4S.